The van der Waals surface area contributed by atoms with Gasteiger partial charge in [-0.05, 0) is 30.5 Å². The molecule has 5 heteroatoms. The summed E-state index contributed by atoms with van der Waals surface area (Å²) < 4.78 is 0. The van der Waals surface area contributed by atoms with Gasteiger partial charge < -0.3 is 10.2 Å². The lowest BCUT2D eigenvalue weighted by atomic mass is 10.1. The first-order valence-corrected chi connectivity index (χ1v) is 8.59. The fourth-order valence-electron chi connectivity index (χ4n) is 3.10. The number of benzene rings is 1. The van der Waals surface area contributed by atoms with Crippen molar-refractivity contribution in [1.82, 2.24) is 9.88 Å². The van der Waals surface area contributed by atoms with Crippen LogP contribution >= 0.6 is 0 Å². The van der Waals surface area contributed by atoms with Crippen molar-refractivity contribution >= 4 is 11.7 Å². The third-order valence-electron chi connectivity index (χ3n) is 4.58. The summed E-state index contributed by atoms with van der Waals surface area (Å²) in [4.78, 5) is 18.4. The van der Waals surface area contributed by atoms with Gasteiger partial charge >= 0.3 is 0 Å². The van der Waals surface area contributed by atoms with E-state index >= 15 is 0 Å². The van der Waals surface area contributed by atoms with Gasteiger partial charge in [0.1, 0.15) is 17.6 Å². The van der Waals surface area contributed by atoms with Gasteiger partial charge in [-0.1, -0.05) is 36.4 Å². The van der Waals surface area contributed by atoms with E-state index in [0.717, 1.165) is 25.1 Å². The number of aryl methyl sites for hydroxylation is 1. The van der Waals surface area contributed by atoms with E-state index in [0.29, 0.717) is 24.5 Å². The van der Waals surface area contributed by atoms with Crippen molar-refractivity contribution in [2.75, 3.05) is 25.0 Å². The van der Waals surface area contributed by atoms with E-state index in [1.807, 2.05) is 42.2 Å². The molecule has 1 aromatic carbocycles. The zero-order valence-corrected chi connectivity index (χ0v) is 14.4. The van der Waals surface area contributed by atoms with Crippen molar-refractivity contribution in [1.29, 1.82) is 5.26 Å². The van der Waals surface area contributed by atoms with Gasteiger partial charge in [-0.15, -0.1) is 0 Å². The quantitative estimate of drug-likeness (QED) is 0.882. The molecule has 0 spiro atoms. The molecule has 1 aliphatic heterocycles. The van der Waals surface area contributed by atoms with Gasteiger partial charge in [0.05, 0.1) is 0 Å². The molecule has 1 atom stereocenters. The molecule has 0 bridgehead atoms. The number of amides is 1. The predicted molar refractivity (Wildman–Crippen MR) is 97.0 cm³/mol. The summed E-state index contributed by atoms with van der Waals surface area (Å²) in [6, 6.07) is 16.1. The van der Waals surface area contributed by atoms with E-state index in [1.165, 1.54) is 5.56 Å². The first kappa shape index (κ1) is 17.0. The number of carbonyl (C=O) groups is 1. The highest BCUT2D eigenvalue weighted by molar-refractivity contribution is 5.78. The first-order chi connectivity index (χ1) is 12.2. The van der Waals surface area contributed by atoms with Crippen molar-refractivity contribution in [2.24, 2.45) is 5.92 Å². The fourth-order valence-corrected chi connectivity index (χ4v) is 3.10. The molecule has 128 valence electrons. The van der Waals surface area contributed by atoms with Gasteiger partial charge in [0, 0.05) is 32.0 Å². The van der Waals surface area contributed by atoms with Crippen LogP contribution in [0.2, 0.25) is 0 Å². The topological polar surface area (TPSA) is 69.0 Å². The molecular formula is C20H22N4O. The molecular weight excluding hydrogens is 312 g/mol. The minimum absolute atomic E-state index is 0.220. The molecule has 25 heavy (non-hydrogen) atoms. The maximum absolute atomic E-state index is 12.2. The summed E-state index contributed by atoms with van der Waals surface area (Å²) in [6.07, 6.45) is 1.45. The Morgan fingerprint density at radius 1 is 1.28 bits per heavy atom. The van der Waals surface area contributed by atoms with E-state index in [9.17, 15) is 4.79 Å². The van der Waals surface area contributed by atoms with E-state index in [1.54, 1.807) is 0 Å². The SMILES string of the molecule is Cc1ccc(NC[C@@H]2CC(=O)N(CCc3ccccc3)C2)nc1C#N. The lowest BCUT2D eigenvalue weighted by Crippen LogP contribution is -2.28. The van der Waals surface area contributed by atoms with Gasteiger partial charge in [-0.3, -0.25) is 4.79 Å². The summed E-state index contributed by atoms with van der Waals surface area (Å²) in [5.74, 6) is 1.19. The molecule has 1 saturated heterocycles. The summed E-state index contributed by atoms with van der Waals surface area (Å²) in [6.45, 7) is 4.10. The minimum Gasteiger partial charge on any atom is -0.370 e. The lowest BCUT2D eigenvalue weighted by molar-refractivity contribution is -0.127. The van der Waals surface area contributed by atoms with E-state index < -0.39 is 0 Å². The number of anilines is 1. The zero-order valence-electron chi connectivity index (χ0n) is 14.4. The van der Waals surface area contributed by atoms with Crippen LogP contribution in [0.1, 0.15) is 23.2 Å². The highest BCUT2D eigenvalue weighted by atomic mass is 16.2. The molecule has 0 unspecified atom stereocenters. The number of hydrogen-bond donors (Lipinski definition) is 1. The third kappa shape index (κ3) is 4.36. The second-order valence-corrected chi connectivity index (χ2v) is 6.50. The number of aromatic nitrogens is 1. The summed E-state index contributed by atoms with van der Waals surface area (Å²) in [5, 5.41) is 12.3. The van der Waals surface area contributed by atoms with Crippen LogP contribution < -0.4 is 5.32 Å². The molecule has 2 aromatic rings. The molecule has 2 heterocycles. The molecule has 1 aromatic heterocycles. The fraction of sp³-hybridized carbons (Fsp3) is 0.350. The normalized spacial score (nSPS) is 16.7. The summed E-state index contributed by atoms with van der Waals surface area (Å²) >= 11 is 0. The van der Waals surface area contributed by atoms with Crippen LogP contribution in [-0.4, -0.2) is 35.4 Å². The Bertz CT molecular complexity index is 782. The van der Waals surface area contributed by atoms with Gasteiger partial charge in [0.25, 0.3) is 0 Å². The van der Waals surface area contributed by atoms with Crippen LogP contribution in [0.4, 0.5) is 5.82 Å². The highest BCUT2D eigenvalue weighted by Crippen LogP contribution is 2.19. The average molecular weight is 334 g/mol. The Balaban J connectivity index is 1.50. The first-order valence-electron chi connectivity index (χ1n) is 8.59. The Labute approximate surface area is 148 Å². The Morgan fingerprint density at radius 3 is 2.84 bits per heavy atom. The smallest absolute Gasteiger partial charge is 0.223 e. The standard InChI is InChI=1S/C20H22N4O/c1-15-7-8-19(23-18(15)12-21)22-13-17-11-20(25)24(14-17)10-9-16-5-3-2-4-6-16/h2-8,17H,9-11,13-14H2,1H3,(H,22,23)/t17-/m0/s1. The van der Waals surface area contributed by atoms with Crippen molar-refractivity contribution in [3.05, 3.63) is 59.3 Å². The molecule has 0 saturated carbocycles. The van der Waals surface area contributed by atoms with E-state index in [-0.39, 0.29) is 11.8 Å². The van der Waals surface area contributed by atoms with Gasteiger partial charge in [0.15, 0.2) is 0 Å². The summed E-state index contributed by atoms with van der Waals surface area (Å²) in [7, 11) is 0. The van der Waals surface area contributed by atoms with Crippen LogP contribution in [0.15, 0.2) is 42.5 Å². The molecule has 1 amide bonds. The second kappa shape index (κ2) is 7.80. The monoisotopic (exact) mass is 334 g/mol. The molecule has 1 N–H and O–H groups in total. The second-order valence-electron chi connectivity index (χ2n) is 6.50. The number of likely N-dealkylation sites (tertiary alicyclic amines) is 1. The van der Waals surface area contributed by atoms with E-state index in [4.69, 9.17) is 5.26 Å². The number of rotatable bonds is 6. The van der Waals surface area contributed by atoms with Crippen molar-refractivity contribution in [3.8, 4) is 6.07 Å². The predicted octanol–water partition coefficient (Wildman–Crippen LogP) is 2.76. The van der Waals surface area contributed by atoms with Gasteiger partial charge in [0.2, 0.25) is 5.91 Å². The number of nitriles is 1. The average Bonchev–Trinajstić information content (AvgIpc) is 3.00. The number of carbonyl (C=O) groups excluding carboxylic acids is 1. The number of pyridine rings is 1. The number of nitrogens with one attached hydrogen (secondary N) is 1. The summed E-state index contributed by atoms with van der Waals surface area (Å²) in [5.41, 5.74) is 2.57. The van der Waals surface area contributed by atoms with Gasteiger partial charge in [-0.2, -0.15) is 5.26 Å². The van der Waals surface area contributed by atoms with Crippen LogP contribution in [0.5, 0.6) is 0 Å². The number of hydrogen-bond acceptors (Lipinski definition) is 4. The Kier molecular flexibility index (Phi) is 5.30. The van der Waals surface area contributed by atoms with Crippen molar-refractivity contribution < 1.29 is 4.79 Å². The van der Waals surface area contributed by atoms with Crippen LogP contribution in [0.25, 0.3) is 0 Å². The molecule has 5 nitrogen and oxygen atoms in total. The lowest BCUT2D eigenvalue weighted by Gasteiger charge is -2.17. The molecule has 1 aliphatic rings. The third-order valence-corrected chi connectivity index (χ3v) is 4.58. The molecule has 3 rings (SSSR count). The largest absolute Gasteiger partial charge is 0.370 e. The van der Waals surface area contributed by atoms with Crippen LogP contribution in [0.3, 0.4) is 0 Å². The van der Waals surface area contributed by atoms with Gasteiger partial charge in [-0.25, -0.2) is 4.98 Å². The highest BCUT2D eigenvalue weighted by Gasteiger charge is 2.28. The molecule has 0 radical (unpaired) electrons. The molecule has 1 fully saturated rings. The maximum atomic E-state index is 12.2. The van der Waals surface area contributed by atoms with Crippen molar-refractivity contribution in [2.45, 2.75) is 19.8 Å². The van der Waals surface area contributed by atoms with Crippen LogP contribution in [-0.2, 0) is 11.2 Å². The zero-order chi connectivity index (χ0) is 17.6. The van der Waals surface area contributed by atoms with Crippen molar-refractivity contribution in [3.63, 3.8) is 0 Å². The van der Waals surface area contributed by atoms with E-state index in [2.05, 4.69) is 28.5 Å². The Hall–Kier alpha value is -2.87. The maximum Gasteiger partial charge on any atom is 0.223 e. The minimum atomic E-state index is 0.220. The molecule has 0 aliphatic carbocycles. The van der Waals surface area contributed by atoms with Crippen LogP contribution in [0, 0.1) is 24.2 Å². The number of nitrogens with zero attached hydrogens (tertiary/aromatic N) is 3. The Morgan fingerprint density at radius 2 is 2.08 bits per heavy atom.